The highest BCUT2D eigenvalue weighted by molar-refractivity contribution is 4.94. The second-order valence-electron chi connectivity index (χ2n) is 4.96. The number of halogens is 3. The zero-order valence-electron chi connectivity index (χ0n) is 11.3. The minimum atomic E-state index is -4.23. The Kier molecular flexibility index (Phi) is 8.00. The lowest BCUT2D eigenvalue weighted by Crippen LogP contribution is -2.23. The number of hydrogen-bond acceptors (Lipinski definition) is 1. The van der Waals surface area contributed by atoms with Crippen LogP contribution in [0.4, 0.5) is 13.2 Å². The lowest BCUT2D eigenvalue weighted by molar-refractivity contribution is -0.165. The predicted octanol–water partition coefficient (Wildman–Crippen LogP) is 4.49. The summed E-state index contributed by atoms with van der Waals surface area (Å²) in [4.78, 5) is 0. The SMILES string of the molecule is CC(C)=CCCC(C)CC(/C=C/CO)C(F)(F)F. The first-order chi connectivity index (χ1) is 8.27. The van der Waals surface area contributed by atoms with Gasteiger partial charge in [-0.15, -0.1) is 0 Å². The van der Waals surface area contributed by atoms with Crippen molar-refractivity contribution < 1.29 is 18.3 Å². The van der Waals surface area contributed by atoms with Crippen molar-refractivity contribution in [2.24, 2.45) is 11.8 Å². The zero-order chi connectivity index (χ0) is 14.2. The van der Waals surface area contributed by atoms with E-state index in [4.69, 9.17) is 5.11 Å². The van der Waals surface area contributed by atoms with E-state index in [1.807, 2.05) is 26.8 Å². The van der Waals surface area contributed by atoms with Crippen LogP contribution in [0.1, 0.15) is 40.0 Å². The zero-order valence-corrected chi connectivity index (χ0v) is 11.3. The smallest absolute Gasteiger partial charge is 0.392 e. The predicted molar refractivity (Wildman–Crippen MR) is 68.2 cm³/mol. The molecule has 0 rings (SSSR count). The van der Waals surface area contributed by atoms with E-state index in [0.29, 0.717) is 0 Å². The van der Waals surface area contributed by atoms with Gasteiger partial charge >= 0.3 is 6.18 Å². The molecule has 0 saturated heterocycles. The van der Waals surface area contributed by atoms with E-state index in [-0.39, 0.29) is 18.9 Å². The van der Waals surface area contributed by atoms with E-state index in [1.54, 1.807) is 0 Å². The van der Waals surface area contributed by atoms with Gasteiger partial charge in [-0.1, -0.05) is 30.7 Å². The number of allylic oxidation sites excluding steroid dienone is 3. The normalized spacial score (nSPS) is 15.7. The van der Waals surface area contributed by atoms with Gasteiger partial charge < -0.3 is 5.11 Å². The van der Waals surface area contributed by atoms with Gasteiger partial charge in [-0.25, -0.2) is 0 Å². The molecular formula is C14H23F3O. The first-order valence-electron chi connectivity index (χ1n) is 6.25. The van der Waals surface area contributed by atoms with Crippen LogP contribution in [0.2, 0.25) is 0 Å². The van der Waals surface area contributed by atoms with Gasteiger partial charge in [-0.3, -0.25) is 0 Å². The second-order valence-corrected chi connectivity index (χ2v) is 4.96. The van der Waals surface area contributed by atoms with Crippen LogP contribution in [-0.4, -0.2) is 17.9 Å². The molecule has 18 heavy (non-hydrogen) atoms. The average Bonchev–Trinajstić information content (AvgIpc) is 2.22. The molecular weight excluding hydrogens is 241 g/mol. The Hall–Kier alpha value is -0.770. The fourth-order valence-electron chi connectivity index (χ4n) is 1.75. The van der Waals surface area contributed by atoms with Crippen molar-refractivity contribution in [1.29, 1.82) is 0 Å². The monoisotopic (exact) mass is 264 g/mol. The van der Waals surface area contributed by atoms with Gasteiger partial charge in [0.25, 0.3) is 0 Å². The van der Waals surface area contributed by atoms with Crippen LogP contribution in [-0.2, 0) is 0 Å². The average molecular weight is 264 g/mol. The first-order valence-corrected chi connectivity index (χ1v) is 6.25. The standard InChI is InChI=1S/C14H23F3O/c1-11(2)6-4-7-12(3)10-13(8-5-9-18)14(15,16)17/h5-6,8,12-13,18H,4,7,9-10H2,1-3H3/b8-5+. The quantitative estimate of drug-likeness (QED) is 0.672. The molecule has 4 heteroatoms. The summed E-state index contributed by atoms with van der Waals surface area (Å²) in [5.74, 6) is -1.44. The Morgan fingerprint density at radius 2 is 1.89 bits per heavy atom. The van der Waals surface area contributed by atoms with E-state index >= 15 is 0 Å². The van der Waals surface area contributed by atoms with Crippen molar-refractivity contribution in [3.63, 3.8) is 0 Å². The summed E-state index contributed by atoms with van der Waals surface area (Å²) < 4.78 is 38.1. The largest absolute Gasteiger partial charge is 0.395 e. The topological polar surface area (TPSA) is 20.2 Å². The molecule has 1 N–H and O–H groups in total. The molecule has 0 saturated carbocycles. The minimum Gasteiger partial charge on any atom is -0.392 e. The van der Waals surface area contributed by atoms with Crippen LogP contribution in [0.15, 0.2) is 23.8 Å². The van der Waals surface area contributed by atoms with Crippen LogP contribution < -0.4 is 0 Å². The Bertz CT molecular complexity index is 275. The van der Waals surface area contributed by atoms with Crippen molar-refractivity contribution in [2.45, 2.75) is 46.2 Å². The summed E-state index contributed by atoms with van der Waals surface area (Å²) in [6.45, 7) is 5.45. The fraction of sp³-hybridized carbons (Fsp3) is 0.714. The lowest BCUT2D eigenvalue weighted by Gasteiger charge is -2.20. The van der Waals surface area contributed by atoms with E-state index in [9.17, 15) is 13.2 Å². The summed E-state index contributed by atoms with van der Waals surface area (Å²) in [6, 6.07) is 0. The summed E-state index contributed by atoms with van der Waals surface area (Å²) in [5, 5.41) is 8.56. The Labute approximate surface area is 107 Å². The highest BCUT2D eigenvalue weighted by Crippen LogP contribution is 2.33. The molecule has 0 aromatic rings. The summed E-state index contributed by atoms with van der Waals surface area (Å²) in [5.41, 5.74) is 1.19. The molecule has 0 aromatic heterocycles. The number of hydrogen-bond donors (Lipinski definition) is 1. The minimum absolute atomic E-state index is 0.00979. The number of aliphatic hydroxyl groups is 1. The van der Waals surface area contributed by atoms with Crippen LogP contribution in [0.3, 0.4) is 0 Å². The summed E-state index contributed by atoms with van der Waals surface area (Å²) in [6.07, 6.45) is 1.70. The van der Waals surface area contributed by atoms with Gasteiger partial charge in [0.05, 0.1) is 12.5 Å². The van der Waals surface area contributed by atoms with Gasteiger partial charge in [0.15, 0.2) is 0 Å². The van der Waals surface area contributed by atoms with Crippen molar-refractivity contribution in [2.75, 3.05) is 6.61 Å². The molecule has 0 heterocycles. The number of aliphatic hydroxyl groups excluding tert-OH is 1. The maximum atomic E-state index is 12.7. The highest BCUT2D eigenvalue weighted by Gasteiger charge is 2.38. The van der Waals surface area contributed by atoms with Crippen molar-refractivity contribution in [1.82, 2.24) is 0 Å². The molecule has 106 valence electrons. The molecule has 0 spiro atoms. The lowest BCUT2D eigenvalue weighted by atomic mass is 9.91. The third kappa shape index (κ3) is 8.34. The van der Waals surface area contributed by atoms with Crippen LogP contribution >= 0.6 is 0 Å². The molecule has 0 amide bonds. The van der Waals surface area contributed by atoms with Gasteiger partial charge in [-0.2, -0.15) is 13.2 Å². The Balaban J connectivity index is 4.31. The van der Waals surface area contributed by atoms with Gasteiger partial charge in [0, 0.05) is 0 Å². The number of alkyl halides is 3. The summed E-state index contributed by atoms with van der Waals surface area (Å²) in [7, 11) is 0. The molecule has 0 aromatic carbocycles. The van der Waals surface area contributed by atoms with E-state index in [1.165, 1.54) is 11.6 Å². The maximum absolute atomic E-state index is 12.7. The molecule has 0 fully saturated rings. The number of rotatable bonds is 7. The fourth-order valence-corrected chi connectivity index (χ4v) is 1.75. The molecule has 1 nitrogen and oxygen atoms in total. The van der Waals surface area contributed by atoms with Crippen LogP contribution in [0, 0.1) is 11.8 Å². The maximum Gasteiger partial charge on any atom is 0.395 e. The van der Waals surface area contributed by atoms with Gasteiger partial charge in [0.1, 0.15) is 0 Å². The first kappa shape index (κ1) is 17.2. The molecule has 0 aliphatic rings. The van der Waals surface area contributed by atoms with Crippen LogP contribution in [0.5, 0.6) is 0 Å². The van der Waals surface area contributed by atoms with Gasteiger partial charge in [0.2, 0.25) is 0 Å². The second kappa shape index (κ2) is 8.35. The molecule has 0 bridgehead atoms. The molecule has 0 aliphatic carbocycles. The van der Waals surface area contributed by atoms with Crippen LogP contribution in [0.25, 0.3) is 0 Å². The summed E-state index contributed by atoms with van der Waals surface area (Å²) >= 11 is 0. The highest BCUT2D eigenvalue weighted by atomic mass is 19.4. The van der Waals surface area contributed by atoms with E-state index < -0.39 is 12.1 Å². The van der Waals surface area contributed by atoms with E-state index in [0.717, 1.165) is 18.9 Å². The Morgan fingerprint density at radius 3 is 2.33 bits per heavy atom. The molecule has 2 unspecified atom stereocenters. The third-order valence-electron chi connectivity index (χ3n) is 2.76. The molecule has 2 atom stereocenters. The molecule has 0 aliphatic heterocycles. The van der Waals surface area contributed by atoms with Crippen molar-refractivity contribution in [3.05, 3.63) is 23.8 Å². The van der Waals surface area contributed by atoms with Crippen molar-refractivity contribution >= 4 is 0 Å². The Morgan fingerprint density at radius 1 is 1.28 bits per heavy atom. The molecule has 0 radical (unpaired) electrons. The van der Waals surface area contributed by atoms with E-state index in [2.05, 4.69) is 0 Å². The van der Waals surface area contributed by atoms with Crippen molar-refractivity contribution in [3.8, 4) is 0 Å². The van der Waals surface area contributed by atoms with Gasteiger partial charge in [-0.05, 0) is 39.0 Å². The third-order valence-corrected chi connectivity index (χ3v) is 2.76.